The Labute approximate surface area is 290 Å². The van der Waals surface area contributed by atoms with Crippen molar-refractivity contribution < 1.29 is 43.3 Å². The van der Waals surface area contributed by atoms with Crippen LogP contribution in [0.3, 0.4) is 0 Å². The molecule has 260 valence electrons. The molecule has 0 unspecified atom stereocenters. The summed E-state index contributed by atoms with van der Waals surface area (Å²) < 4.78 is 15.9. The van der Waals surface area contributed by atoms with Gasteiger partial charge in [-0.2, -0.15) is 0 Å². The number of nitrogens with one attached hydrogen (secondary N) is 2. The van der Waals surface area contributed by atoms with Crippen molar-refractivity contribution in [3.63, 3.8) is 0 Å². The third-order valence-corrected chi connectivity index (χ3v) is 7.76. The second-order valence-electron chi connectivity index (χ2n) is 11.5. The minimum Gasteiger partial charge on any atom is -0.494 e. The van der Waals surface area contributed by atoms with Gasteiger partial charge in [0.05, 0.1) is 24.8 Å². The summed E-state index contributed by atoms with van der Waals surface area (Å²) in [5.74, 6) is -2.34. The van der Waals surface area contributed by atoms with Crippen LogP contribution in [0.1, 0.15) is 86.0 Å². The van der Waals surface area contributed by atoms with Gasteiger partial charge >= 0.3 is 17.9 Å². The van der Waals surface area contributed by atoms with Crippen LogP contribution in [-0.2, 0) is 16.0 Å². The molecule has 11 nitrogen and oxygen atoms in total. The maximum Gasteiger partial charge on any atom is 0.343 e. The molecule has 0 heterocycles. The Hall–Kier alpha value is -5.97. The third kappa shape index (κ3) is 11.0. The van der Waals surface area contributed by atoms with Crippen molar-refractivity contribution in [1.29, 1.82) is 0 Å². The number of methoxy groups -OCH3 is 1. The van der Waals surface area contributed by atoms with Crippen LogP contribution in [0.2, 0.25) is 0 Å². The van der Waals surface area contributed by atoms with Gasteiger partial charge < -0.3 is 30.0 Å². The highest BCUT2D eigenvalue weighted by atomic mass is 16.5. The fourth-order valence-electron chi connectivity index (χ4n) is 4.90. The molecule has 0 spiro atoms. The van der Waals surface area contributed by atoms with Crippen LogP contribution in [0.25, 0.3) is 0 Å². The summed E-state index contributed by atoms with van der Waals surface area (Å²) in [5, 5.41) is 15.0. The zero-order valence-corrected chi connectivity index (χ0v) is 28.0. The molecule has 1 atom stereocenters. The Balaban J connectivity index is 1.26. The van der Waals surface area contributed by atoms with Crippen LogP contribution in [0, 0.1) is 0 Å². The number of hydrogen-bond acceptors (Lipinski definition) is 8. The molecule has 0 aliphatic heterocycles. The summed E-state index contributed by atoms with van der Waals surface area (Å²) in [4.78, 5) is 61.7. The lowest BCUT2D eigenvalue weighted by molar-refractivity contribution is -0.139. The van der Waals surface area contributed by atoms with Gasteiger partial charge in [-0.25, -0.2) is 14.4 Å². The van der Waals surface area contributed by atoms with Crippen molar-refractivity contribution in [2.45, 2.75) is 51.5 Å². The molecular weight excluding hydrogens is 640 g/mol. The SMILES string of the molecule is CCCCCCCOc1ccc(C(=O)Oc2ccc(C[C@H](NC(=O)c3ccc(NC(=O)c4ccc(C(=O)OC)cc4)cc3)C(=O)O)cc2)cc1. The predicted octanol–water partition coefficient (Wildman–Crippen LogP) is 6.72. The number of hydrogen-bond donors (Lipinski definition) is 3. The number of rotatable bonds is 17. The summed E-state index contributed by atoms with van der Waals surface area (Å²) in [6.45, 7) is 2.80. The fraction of sp³-hybridized carbons (Fsp3) is 0.256. The van der Waals surface area contributed by atoms with E-state index in [1.54, 1.807) is 48.5 Å². The summed E-state index contributed by atoms with van der Waals surface area (Å²) in [6.07, 6.45) is 5.71. The molecule has 0 radical (unpaired) electrons. The Kier molecular flexibility index (Phi) is 13.7. The van der Waals surface area contributed by atoms with Crippen molar-refractivity contribution >= 4 is 35.4 Å². The number of amides is 2. The lowest BCUT2D eigenvalue weighted by Crippen LogP contribution is -2.42. The van der Waals surface area contributed by atoms with E-state index in [-0.39, 0.29) is 17.7 Å². The maximum absolute atomic E-state index is 12.9. The van der Waals surface area contributed by atoms with E-state index in [4.69, 9.17) is 9.47 Å². The molecule has 0 saturated heterocycles. The van der Waals surface area contributed by atoms with E-state index in [1.165, 1.54) is 74.9 Å². The molecule has 0 aliphatic carbocycles. The zero-order chi connectivity index (χ0) is 35.9. The van der Waals surface area contributed by atoms with Gasteiger partial charge in [0, 0.05) is 23.2 Å². The Morgan fingerprint density at radius 1 is 0.640 bits per heavy atom. The quantitative estimate of drug-likeness (QED) is 0.0626. The Morgan fingerprint density at radius 3 is 1.80 bits per heavy atom. The first-order valence-corrected chi connectivity index (χ1v) is 16.3. The molecule has 4 aromatic carbocycles. The number of esters is 2. The van der Waals surface area contributed by atoms with Gasteiger partial charge in [-0.3, -0.25) is 9.59 Å². The molecule has 2 amide bonds. The molecule has 0 bridgehead atoms. The molecule has 0 saturated carbocycles. The minimum absolute atomic E-state index is 0.0156. The first kappa shape index (κ1) is 36.9. The number of carbonyl (C=O) groups excluding carboxylic acids is 4. The van der Waals surface area contributed by atoms with Crippen LogP contribution >= 0.6 is 0 Å². The van der Waals surface area contributed by atoms with E-state index in [0.29, 0.717) is 40.3 Å². The molecule has 4 rings (SSSR count). The highest BCUT2D eigenvalue weighted by molar-refractivity contribution is 6.05. The largest absolute Gasteiger partial charge is 0.494 e. The van der Waals surface area contributed by atoms with Crippen LogP contribution in [0.5, 0.6) is 11.5 Å². The Morgan fingerprint density at radius 2 is 1.18 bits per heavy atom. The van der Waals surface area contributed by atoms with Gasteiger partial charge in [0.15, 0.2) is 0 Å². The van der Waals surface area contributed by atoms with Crippen LogP contribution < -0.4 is 20.1 Å². The Bertz CT molecular complexity index is 1750. The first-order chi connectivity index (χ1) is 24.2. The number of unbranched alkanes of at least 4 members (excludes halogenated alkanes) is 4. The van der Waals surface area contributed by atoms with Gasteiger partial charge in [0.25, 0.3) is 11.8 Å². The number of aliphatic carboxylic acids is 1. The standard InChI is InChI=1S/C39H40N2O9/c1-3-4-5-6-7-24-49-32-22-16-30(17-23-32)39(47)50-33-20-8-26(9-21-33)25-34(37(44)45)41-36(43)28-14-18-31(19-15-28)40-35(42)27-10-12-29(13-11-27)38(46)48-2/h8-23,34H,3-7,24-25H2,1-2H3,(H,40,42)(H,41,43)(H,44,45)/t34-/m0/s1. The molecule has 0 aromatic heterocycles. The molecule has 0 fully saturated rings. The average molecular weight is 681 g/mol. The highest BCUT2D eigenvalue weighted by Gasteiger charge is 2.22. The summed E-state index contributed by atoms with van der Waals surface area (Å²) >= 11 is 0. The van der Waals surface area contributed by atoms with Crippen molar-refractivity contribution in [3.8, 4) is 11.5 Å². The monoisotopic (exact) mass is 680 g/mol. The second kappa shape index (κ2) is 18.5. The van der Waals surface area contributed by atoms with E-state index in [2.05, 4.69) is 22.3 Å². The highest BCUT2D eigenvalue weighted by Crippen LogP contribution is 2.19. The summed E-state index contributed by atoms with van der Waals surface area (Å²) in [5.41, 5.74) is 2.19. The topological polar surface area (TPSA) is 157 Å². The molecule has 4 aromatic rings. The van der Waals surface area contributed by atoms with Crippen LogP contribution in [-0.4, -0.2) is 54.6 Å². The van der Waals surface area contributed by atoms with E-state index < -0.39 is 35.8 Å². The number of ether oxygens (including phenoxy) is 3. The van der Waals surface area contributed by atoms with E-state index >= 15 is 0 Å². The van der Waals surface area contributed by atoms with E-state index in [1.807, 2.05) is 0 Å². The van der Waals surface area contributed by atoms with Crippen molar-refractivity contribution in [1.82, 2.24) is 5.32 Å². The summed E-state index contributed by atoms with van der Waals surface area (Å²) in [6, 6.07) is 23.8. The maximum atomic E-state index is 12.9. The molecule has 0 aliphatic rings. The van der Waals surface area contributed by atoms with Gasteiger partial charge in [0.1, 0.15) is 17.5 Å². The lowest BCUT2D eigenvalue weighted by Gasteiger charge is -2.15. The average Bonchev–Trinajstić information content (AvgIpc) is 3.13. The number of carboxylic acid groups (broad SMARTS) is 1. The zero-order valence-electron chi connectivity index (χ0n) is 28.0. The van der Waals surface area contributed by atoms with Crippen molar-refractivity contribution in [2.24, 2.45) is 0 Å². The molecular formula is C39H40N2O9. The number of carbonyl (C=O) groups is 5. The van der Waals surface area contributed by atoms with Crippen molar-refractivity contribution in [2.75, 3.05) is 19.0 Å². The smallest absolute Gasteiger partial charge is 0.343 e. The summed E-state index contributed by atoms with van der Waals surface area (Å²) in [7, 11) is 1.27. The van der Waals surface area contributed by atoms with Crippen molar-refractivity contribution in [3.05, 3.63) is 125 Å². The van der Waals surface area contributed by atoms with Crippen LogP contribution in [0.4, 0.5) is 5.69 Å². The normalized spacial score (nSPS) is 11.2. The number of benzene rings is 4. The lowest BCUT2D eigenvalue weighted by atomic mass is 10.0. The van der Waals surface area contributed by atoms with E-state index in [0.717, 1.165) is 12.8 Å². The number of carboxylic acids is 1. The van der Waals surface area contributed by atoms with Gasteiger partial charge in [-0.05, 0) is 96.9 Å². The number of anilines is 1. The minimum atomic E-state index is -1.24. The second-order valence-corrected chi connectivity index (χ2v) is 11.5. The fourth-order valence-corrected chi connectivity index (χ4v) is 4.90. The first-order valence-electron chi connectivity index (χ1n) is 16.3. The van der Waals surface area contributed by atoms with Crippen LogP contribution in [0.15, 0.2) is 97.1 Å². The third-order valence-electron chi connectivity index (χ3n) is 7.76. The predicted molar refractivity (Wildman–Crippen MR) is 187 cm³/mol. The van der Waals surface area contributed by atoms with Gasteiger partial charge in [-0.15, -0.1) is 0 Å². The molecule has 50 heavy (non-hydrogen) atoms. The van der Waals surface area contributed by atoms with E-state index in [9.17, 15) is 29.1 Å². The van der Waals surface area contributed by atoms with Gasteiger partial charge in [-0.1, -0.05) is 44.7 Å². The molecule has 11 heteroatoms. The van der Waals surface area contributed by atoms with Gasteiger partial charge in [0.2, 0.25) is 0 Å². The molecule has 3 N–H and O–H groups in total.